The zero-order valence-electron chi connectivity index (χ0n) is 31.3. The molecule has 0 spiro atoms. The lowest BCUT2D eigenvalue weighted by Gasteiger charge is -2.09. The molecule has 0 heterocycles. The molecular formula is C35H67IO16. The first-order valence-corrected chi connectivity index (χ1v) is 19.7. The summed E-state index contributed by atoms with van der Waals surface area (Å²) < 4.78 is 87.8. The van der Waals surface area contributed by atoms with E-state index < -0.39 is 0 Å². The molecule has 0 fully saturated rings. The normalized spacial score (nSPS) is 11.5. The van der Waals surface area contributed by atoms with Crippen LogP contribution < -0.4 is 0 Å². The van der Waals surface area contributed by atoms with Crippen molar-refractivity contribution in [3.63, 3.8) is 0 Å². The highest BCUT2D eigenvalue weighted by molar-refractivity contribution is 14.1. The van der Waals surface area contributed by atoms with Crippen molar-refractivity contribution < 1.29 is 75.8 Å². The molecule has 52 heavy (non-hydrogen) atoms. The Morgan fingerprint density at radius 1 is 0.231 bits per heavy atom. The fourth-order valence-electron chi connectivity index (χ4n) is 3.48. The average molecular weight is 871 g/mol. The van der Waals surface area contributed by atoms with Crippen LogP contribution in [-0.4, -0.2) is 216 Å². The van der Waals surface area contributed by atoms with Gasteiger partial charge in [0, 0.05) is 4.43 Å². The first-order valence-electron chi connectivity index (χ1n) is 18.1. The Kier molecular flexibility index (Phi) is 50.3. The average Bonchev–Trinajstić information content (AvgIpc) is 3.16. The lowest BCUT2D eigenvalue weighted by atomic mass is 10.6. The summed E-state index contributed by atoms with van der Waals surface area (Å²) in [5, 5.41) is 0. The lowest BCUT2D eigenvalue weighted by Crippen LogP contribution is -2.16. The van der Waals surface area contributed by atoms with Crippen molar-refractivity contribution in [1.82, 2.24) is 0 Å². The van der Waals surface area contributed by atoms with E-state index in [1.807, 2.05) is 0 Å². The van der Waals surface area contributed by atoms with Crippen LogP contribution in [0.5, 0.6) is 0 Å². The second-order valence-electron chi connectivity index (χ2n) is 10.1. The Morgan fingerprint density at radius 3 is 0.500 bits per heavy atom. The molecule has 17 heteroatoms. The molecule has 310 valence electrons. The Hall–Kier alpha value is -0.350. The first-order chi connectivity index (χ1) is 25.9. The molecule has 0 N–H and O–H groups in total. The summed E-state index contributed by atoms with van der Waals surface area (Å²) >= 11 is 2.28. The second-order valence-corrected chi connectivity index (χ2v) is 11.2. The van der Waals surface area contributed by atoms with Gasteiger partial charge in [0.25, 0.3) is 0 Å². The monoisotopic (exact) mass is 870 g/mol. The number of halogens is 1. The van der Waals surface area contributed by atoms with Gasteiger partial charge in [-0.05, 0) is 0 Å². The largest absolute Gasteiger partial charge is 0.378 e. The van der Waals surface area contributed by atoms with E-state index in [1.54, 1.807) is 0 Å². The van der Waals surface area contributed by atoms with Crippen LogP contribution in [0.3, 0.4) is 0 Å². The van der Waals surface area contributed by atoms with E-state index in [-0.39, 0.29) is 0 Å². The number of ether oxygens (including phenoxy) is 16. The summed E-state index contributed by atoms with van der Waals surface area (Å²) in [6.07, 6.45) is 5.08. The van der Waals surface area contributed by atoms with Gasteiger partial charge in [-0.3, -0.25) is 0 Å². The fourth-order valence-corrected chi connectivity index (χ4v) is 3.80. The van der Waals surface area contributed by atoms with Gasteiger partial charge in [0.2, 0.25) is 0 Å². The van der Waals surface area contributed by atoms with Crippen molar-refractivity contribution in [2.45, 2.75) is 0 Å². The molecule has 0 radical (unpaired) electrons. The van der Waals surface area contributed by atoms with Gasteiger partial charge in [-0.25, -0.2) is 0 Å². The molecule has 16 nitrogen and oxygen atoms in total. The van der Waals surface area contributed by atoms with E-state index in [1.165, 1.54) is 0 Å². The molecule has 0 rings (SSSR count). The Balaban J connectivity index is 3.05. The maximum Gasteiger partial charge on any atom is 0.107 e. The number of hydrogen-bond donors (Lipinski definition) is 0. The van der Waals surface area contributed by atoms with Crippen molar-refractivity contribution in [2.24, 2.45) is 0 Å². The molecule has 0 aromatic heterocycles. The molecule has 0 bridgehead atoms. The van der Waals surface area contributed by atoms with E-state index in [9.17, 15) is 0 Å². The van der Waals surface area contributed by atoms with Gasteiger partial charge < -0.3 is 75.8 Å². The zero-order valence-corrected chi connectivity index (χ0v) is 33.5. The Bertz CT molecular complexity index is 679. The number of alkyl halides is 1. The van der Waals surface area contributed by atoms with E-state index in [2.05, 4.69) is 28.5 Å². The summed E-state index contributed by atoms with van der Waals surface area (Å²) in [6.45, 7) is 16.6. The van der Waals surface area contributed by atoms with E-state index in [4.69, 9.17) is 82.2 Å². The summed E-state index contributed by atoms with van der Waals surface area (Å²) in [4.78, 5) is 0. The van der Waals surface area contributed by atoms with Crippen LogP contribution >= 0.6 is 22.6 Å². The van der Waals surface area contributed by atoms with Crippen molar-refractivity contribution in [2.75, 3.05) is 216 Å². The molecule has 0 unspecified atom stereocenters. The minimum Gasteiger partial charge on any atom is -0.378 e. The lowest BCUT2D eigenvalue weighted by molar-refractivity contribution is -0.0302. The van der Waals surface area contributed by atoms with Crippen LogP contribution in [0.15, 0.2) is 0 Å². The summed E-state index contributed by atoms with van der Waals surface area (Å²) in [6, 6.07) is 0. The SMILES string of the molecule is C#CCOCCOCCOCCOCCOCCOCCOCCOCCOCCOCCOCCOCCOCCOCCOCCOCCI. The first kappa shape index (κ1) is 51.6. The van der Waals surface area contributed by atoms with E-state index >= 15 is 0 Å². The zero-order chi connectivity index (χ0) is 37.4. The molecule has 0 saturated carbocycles. The van der Waals surface area contributed by atoms with Crippen molar-refractivity contribution in [3.05, 3.63) is 0 Å². The summed E-state index contributed by atoms with van der Waals surface area (Å²) in [7, 11) is 0. The number of rotatable bonds is 48. The molecule has 0 saturated heterocycles. The van der Waals surface area contributed by atoms with Crippen LogP contribution in [-0.2, 0) is 75.8 Å². The summed E-state index contributed by atoms with van der Waals surface area (Å²) in [5.74, 6) is 2.40. The molecule has 0 aromatic rings. The molecule has 0 atom stereocenters. The molecule has 0 aromatic carbocycles. The van der Waals surface area contributed by atoms with E-state index in [0.717, 1.165) is 11.0 Å². The topological polar surface area (TPSA) is 148 Å². The fraction of sp³-hybridized carbons (Fsp3) is 0.943. The van der Waals surface area contributed by atoms with Crippen LogP contribution in [0.25, 0.3) is 0 Å². The molecule has 0 amide bonds. The van der Waals surface area contributed by atoms with Crippen LogP contribution in [0.2, 0.25) is 0 Å². The van der Waals surface area contributed by atoms with Gasteiger partial charge in [-0.2, -0.15) is 0 Å². The highest BCUT2D eigenvalue weighted by Gasteiger charge is 1.97. The van der Waals surface area contributed by atoms with Gasteiger partial charge >= 0.3 is 0 Å². The minimum atomic E-state index is 0.305. The standard InChI is InChI=1S/C35H67IO16/c1-2-4-37-6-8-39-10-12-41-14-16-43-18-20-45-22-24-47-26-28-49-30-32-51-34-35-52-33-31-50-29-27-48-25-23-46-21-19-44-17-15-42-13-11-40-9-7-38-5-3-36/h1H,3-35H2. The van der Waals surface area contributed by atoms with Crippen LogP contribution in [0.4, 0.5) is 0 Å². The second kappa shape index (κ2) is 50.6. The van der Waals surface area contributed by atoms with Gasteiger partial charge in [-0.15, -0.1) is 6.42 Å². The van der Waals surface area contributed by atoms with Crippen LogP contribution in [0, 0.1) is 12.3 Å². The van der Waals surface area contributed by atoms with Crippen molar-refractivity contribution in [1.29, 1.82) is 0 Å². The van der Waals surface area contributed by atoms with Crippen molar-refractivity contribution in [3.8, 4) is 12.3 Å². The van der Waals surface area contributed by atoms with Gasteiger partial charge in [0.15, 0.2) is 0 Å². The molecule has 0 aliphatic rings. The molecular weight excluding hydrogens is 803 g/mol. The van der Waals surface area contributed by atoms with E-state index in [0.29, 0.717) is 205 Å². The quantitative estimate of drug-likeness (QED) is 0.0375. The smallest absolute Gasteiger partial charge is 0.107 e. The Morgan fingerprint density at radius 2 is 0.365 bits per heavy atom. The highest BCUT2D eigenvalue weighted by Crippen LogP contribution is 1.89. The Labute approximate surface area is 325 Å². The highest BCUT2D eigenvalue weighted by atomic mass is 127. The predicted molar refractivity (Wildman–Crippen MR) is 201 cm³/mol. The third-order valence-corrected chi connectivity index (χ3v) is 6.43. The summed E-state index contributed by atoms with van der Waals surface area (Å²) in [5.41, 5.74) is 0. The van der Waals surface area contributed by atoms with Gasteiger partial charge in [0.05, 0.1) is 205 Å². The molecule has 0 aliphatic heterocycles. The number of terminal acetylenes is 1. The predicted octanol–water partition coefficient (Wildman–Crippen LogP) is 1.32. The third kappa shape index (κ3) is 49.6. The third-order valence-electron chi connectivity index (χ3n) is 5.99. The van der Waals surface area contributed by atoms with Gasteiger partial charge in [-0.1, -0.05) is 28.5 Å². The maximum absolute atomic E-state index is 5.49. The van der Waals surface area contributed by atoms with Gasteiger partial charge in [0.1, 0.15) is 6.61 Å². The minimum absolute atomic E-state index is 0.305. The van der Waals surface area contributed by atoms with Crippen molar-refractivity contribution >= 4 is 22.6 Å². The maximum atomic E-state index is 5.49. The van der Waals surface area contributed by atoms with Crippen LogP contribution in [0.1, 0.15) is 0 Å². The number of hydrogen-bond acceptors (Lipinski definition) is 16. The molecule has 0 aliphatic carbocycles.